The summed E-state index contributed by atoms with van der Waals surface area (Å²) in [7, 11) is -4.40. The summed E-state index contributed by atoms with van der Waals surface area (Å²) in [6.45, 7) is 2.22. The molecular weight excluding hydrogens is 264 g/mol. The molecule has 5 heteroatoms. The van der Waals surface area contributed by atoms with E-state index in [2.05, 4.69) is 6.92 Å². The van der Waals surface area contributed by atoms with Crippen molar-refractivity contribution < 1.29 is 18.1 Å². The zero-order valence-corrected chi connectivity index (χ0v) is 12.8. The van der Waals surface area contributed by atoms with E-state index in [-0.39, 0.29) is 0 Å². The van der Waals surface area contributed by atoms with E-state index in [0.29, 0.717) is 6.42 Å². The van der Waals surface area contributed by atoms with Crippen molar-refractivity contribution in [2.75, 3.05) is 0 Å². The van der Waals surface area contributed by atoms with Gasteiger partial charge in [-0.2, -0.15) is 8.42 Å². The molecule has 0 saturated carbocycles. The molecule has 0 saturated heterocycles. The molecule has 0 aliphatic rings. The second kappa shape index (κ2) is 11.3. The summed E-state index contributed by atoms with van der Waals surface area (Å²) in [5, 5.41) is 8.02. The van der Waals surface area contributed by atoms with E-state index in [1.165, 1.54) is 51.0 Å². The molecule has 0 rings (SSSR count). The van der Waals surface area contributed by atoms with Gasteiger partial charge in [0, 0.05) is 0 Å². The molecule has 0 unspecified atom stereocenters. The van der Waals surface area contributed by atoms with Gasteiger partial charge in [-0.15, -0.1) is 0 Å². The van der Waals surface area contributed by atoms with Gasteiger partial charge in [0.05, 0.1) is 0 Å². The van der Waals surface area contributed by atoms with Gasteiger partial charge in [0.25, 0.3) is 0 Å². The highest BCUT2D eigenvalue weighted by molar-refractivity contribution is 7.89. The first kappa shape index (κ1) is 18.4. The van der Waals surface area contributed by atoms with Gasteiger partial charge in [-0.05, 0) is 18.9 Å². The zero-order valence-electron chi connectivity index (χ0n) is 12.0. The van der Waals surface area contributed by atoms with E-state index >= 15 is 0 Å². The highest BCUT2D eigenvalue weighted by Crippen LogP contribution is 2.12. The Hall–Kier alpha value is -0.550. The molecule has 0 aliphatic carbocycles. The van der Waals surface area contributed by atoms with Crippen LogP contribution in [0.1, 0.15) is 77.6 Å². The Morgan fingerprint density at radius 2 is 1.32 bits per heavy atom. The van der Waals surface area contributed by atoms with Crippen LogP contribution in [0, 0.1) is 0 Å². The zero-order chi connectivity index (χ0) is 14.6. The lowest BCUT2D eigenvalue weighted by Crippen LogP contribution is -2.00. The van der Waals surface area contributed by atoms with Crippen LogP contribution in [-0.2, 0) is 10.1 Å². The van der Waals surface area contributed by atoms with Crippen molar-refractivity contribution in [2.45, 2.75) is 77.6 Å². The van der Waals surface area contributed by atoms with E-state index in [0.717, 1.165) is 19.3 Å². The number of allylic oxidation sites excluding steroid dienone is 1. The van der Waals surface area contributed by atoms with Gasteiger partial charge in [-0.1, -0.05) is 64.7 Å². The SMILES string of the molecule is CCCCCCCCCCCC/C=C(\O)S(=O)(=O)O. The summed E-state index contributed by atoms with van der Waals surface area (Å²) in [4.78, 5) is 0. The number of hydrogen-bond acceptors (Lipinski definition) is 3. The van der Waals surface area contributed by atoms with Gasteiger partial charge >= 0.3 is 10.1 Å². The monoisotopic (exact) mass is 292 g/mol. The van der Waals surface area contributed by atoms with E-state index < -0.39 is 15.2 Å². The van der Waals surface area contributed by atoms with Crippen LogP contribution in [0.2, 0.25) is 0 Å². The minimum atomic E-state index is -4.40. The Labute approximate surface area is 117 Å². The van der Waals surface area contributed by atoms with E-state index in [4.69, 9.17) is 9.66 Å². The normalized spacial score (nSPS) is 12.8. The topological polar surface area (TPSA) is 74.6 Å². The first-order chi connectivity index (χ1) is 8.98. The van der Waals surface area contributed by atoms with Crippen molar-refractivity contribution in [1.29, 1.82) is 0 Å². The summed E-state index contributed by atoms with van der Waals surface area (Å²) in [5.74, 6) is 0. The summed E-state index contributed by atoms with van der Waals surface area (Å²) in [6.07, 6.45) is 13.8. The Kier molecular flexibility index (Phi) is 11.0. The lowest BCUT2D eigenvalue weighted by atomic mass is 10.1. The minimum absolute atomic E-state index is 0.488. The molecule has 0 bridgehead atoms. The Morgan fingerprint density at radius 3 is 1.74 bits per heavy atom. The smallest absolute Gasteiger partial charge is 0.327 e. The van der Waals surface area contributed by atoms with Gasteiger partial charge in [0.2, 0.25) is 5.09 Å². The van der Waals surface area contributed by atoms with Gasteiger partial charge < -0.3 is 5.11 Å². The molecule has 0 atom stereocenters. The summed E-state index contributed by atoms with van der Waals surface area (Å²) < 4.78 is 29.5. The fraction of sp³-hybridized carbons (Fsp3) is 0.857. The second-order valence-electron chi connectivity index (χ2n) is 4.99. The van der Waals surface area contributed by atoms with Crippen molar-refractivity contribution >= 4 is 10.1 Å². The molecule has 114 valence electrons. The molecule has 2 N–H and O–H groups in total. The summed E-state index contributed by atoms with van der Waals surface area (Å²) in [6, 6.07) is 0. The standard InChI is InChI=1S/C14H28O4S/c1-2-3-4-5-6-7-8-9-10-11-12-13-14(15)19(16,17)18/h13,15H,2-12H2,1H3,(H,16,17,18)/b14-13+. The van der Waals surface area contributed by atoms with Gasteiger partial charge in [-0.3, -0.25) is 4.55 Å². The predicted octanol–water partition coefficient (Wildman–Crippen LogP) is 4.58. The second-order valence-corrected chi connectivity index (χ2v) is 6.36. The maximum absolute atomic E-state index is 10.5. The molecule has 4 nitrogen and oxygen atoms in total. The maximum Gasteiger partial charge on any atom is 0.327 e. The van der Waals surface area contributed by atoms with Crippen LogP contribution >= 0.6 is 0 Å². The van der Waals surface area contributed by atoms with E-state index in [1.807, 2.05) is 0 Å². The molecular formula is C14H28O4S. The molecule has 0 aliphatic heterocycles. The fourth-order valence-electron chi connectivity index (χ4n) is 1.96. The third-order valence-electron chi connectivity index (χ3n) is 3.14. The lowest BCUT2D eigenvalue weighted by molar-refractivity contribution is 0.403. The van der Waals surface area contributed by atoms with Gasteiger partial charge in [0.15, 0.2) is 0 Å². The molecule has 0 aromatic heterocycles. The molecule has 0 aromatic rings. The maximum atomic E-state index is 10.5. The number of rotatable bonds is 12. The summed E-state index contributed by atoms with van der Waals surface area (Å²) >= 11 is 0. The van der Waals surface area contributed by atoms with Crippen molar-refractivity contribution in [3.05, 3.63) is 11.2 Å². The van der Waals surface area contributed by atoms with Gasteiger partial charge in [0.1, 0.15) is 0 Å². The van der Waals surface area contributed by atoms with Gasteiger partial charge in [-0.25, -0.2) is 0 Å². The van der Waals surface area contributed by atoms with Crippen molar-refractivity contribution in [3.63, 3.8) is 0 Å². The first-order valence-electron chi connectivity index (χ1n) is 7.35. The first-order valence-corrected chi connectivity index (χ1v) is 8.79. The van der Waals surface area contributed by atoms with Crippen LogP contribution in [0.25, 0.3) is 0 Å². The minimum Gasteiger partial charge on any atom is -0.497 e. The van der Waals surface area contributed by atoms with Crippen molar-refractivity contribution in [1.82, 2.24) is 0 Å². The predicted molar refractivity (Wildman–Crippen MR) is 78.7 cm³/mol. The van der Waals surface area contributed by atoms with E-state index in [9.17, 15) is 8.42 Å². The van der Waals surface area contributed by atoms with Crippen LogP contribution in [0.5, 0.6) is 0 Å². The van der Waals surface area contributed by atoms with Crippen LogP contribution in [0.15, 0.2) is 11.2 Å². The summed E-state index contributed by atoms with van der Waals surface area (Å²) in [5.41, 5.74) is 0. The number of aliphatic hydroxyl groups excluding tert-OH is 1. The molecule has 0 heterocycles. The van der Waals surface area contributed by atoms with Crippen LogP contribution in [-0.4, -0.2) is 18.1 Å². The van der Waals surface area contributed by atoms with E-state index in [1.54, 1.807) is 0 Å². The highest BCUT2D eigenvalue weighted by atomic mass is 32.2. The molecule has 19 heavy (non-hydrogen) atoms. The molecule has 0 fully saturated rings. The Bertz CT molecular complexity index is 333. The Balaban J connectivity index is 3.33. The lowest BCUT2D eigenvalue weighted by Gasteiger charge is -2.01. The number of aliphatic hydroxyl groups is 1. The van der Waals surface area contributed by atoms with Crippen LogP contribution < -0.4 is 0 Å². The van der Waals surface area contributed by atoms with Crippen molar-refractivity contribution in [2.24, 2.45) is 0 Å². The average molecular weight is 292 g/mol. The highest BCUT2D eigenvalue weighted by Gasteiger charge is 2.09. The van der Waals surface area contributed by atoms with Crippen LogP contribution in [0.4, 0.5) is 0 Å². The largest absolute Gasteiger partial charge is 0.497 e. The number of hydrogen-bond donors (Lipinski definition) is 2. The third-order valence-corrected chi connectivity index (χ3v) is 3.84. The molecule has 0 spiro atoms. The molecule has 0 amide bonds. The number of unbranched alkanes of at least 4 members (excludes halogenated alkanes) is 10. The molecule has 0 radical (unpaired) electrons. The Morgan fingerprint density at radius 1 is 0.895 bits per heavy atom. The molecule has 0 aromatic carbocycles. The van der Waals surface area contributed by atoms with Crippen LogP contribution in [0.3, 0.4) is 0 Å². The quantitative estimate of drug-likeness (QED) is 0.313. The third kappa shape index (κ3) is 12.2. The average Bonchev–Trinajstić information content (AvgIpc) is 2.34. The fourth-order valence-corrected chi connectivity index (χ4v) is 2.29. The van der Waals surface area contributed by atoms with Crippen molar-refractivity contribution in [3.8, 4) is 0 Å².